The fourth-order valence-electron chi connectivity index (χ4n) is 3.37. The average molecular weight is 405 g/mol. The fraction of sp³-hybridized carbons (Fsp3) is 0.280. The minimum Gasteiger partial charge on any atom is -0.493 e. The lowest BCUT2D eigenvalue weighted by atomic mass is 10.1. The summed E-state index contributed by atoms with van der Waals surface area (Å²) in [6, 6.07) is 17.5. The van der Waals surface area contributed by atoms with Crippen molar-refractivity contribution in [1.29, 1.82) is 0 Å². The highest BCUT2D eigenvalue weighted by atomic mass is 16.5. The molecule has 2 N–H and O–H groups in total. The molecule has 0 aliphatic carbocycles. The van der Waals surface area contributed by atoms with Crippen LogP contribution in [0.3, 0.4) is 0 Å². The highest BCUT2D eigenvalue weighted by Crippen LogP contribution is 2.16. The van der Waals surface area contributed by atoms with Gasteiger partial charge in [0.1, 0.15) is 5.75 Å². The van der Waals surface area contributed by atoms with Crippen LogP contribution in [0.25, 0.3) is 0 Å². The van der Waals surface area contributed by atoms with Gasteiger partial charge in [-0.2, -0.15) is 0 Å². The topological polar surface area (TPSA) is 71.2 Å². The molecule has 1 heterocycles. The van der Waals surface area contributed by atoms with Crippen LogP contribution in [0.5, 0.6) is 5.75 Å². The van der Waals surface area contributed by atoms with E-state index in [1.165, 1.54) is 0 Å². The molecule has 0 saturated carbocycles. The number of aromatic nitrogens is 1. The van der Waals surface area contributed by atoms with Crippen molar-refractivity contribution in [3.05, 3.63) is 98.5 Å². The second-order valence-corrected chi connectivity index (χ2v) is 7.54. The molecular weight excluding hydrogens is 376 g/mol. The van der Waals surface area contributed by atoms with E-state index < -0.39 is 0 Å². The van der Waals surface area contributed by atoms with Crippen LogP contribution in [0.4, 0.5) is 0 Å². The molecule has 0 fully saturated rings. The van der Waals surface area contributed by atoms with Crippen molar-refractivity contribution in [2.24, 2.45) is 0 Å². The molecule has 5 heteroatoms. The number of rotatable bonds is 8. The normalized spacial score (nSPS) is 10.6. The largest absolute Gasteiger partial charge is 0.493 e. The molecule has 2 aromatic carbocycles. The third-order valence-corrected chi connectivity index (χ3v) is 5.10. The molecule has 0 spiro atoms. The Bertz CT molecular complexity index is 1070. The van der Waals surface area contributed by atoms with E-state index in [-0.39, 0.29) is 18.0 Å². The Morgan fingerprint density at radius 1 is 1.00 bits per heavy atom. The second kappa shape index (κ2) is 9.92. The van der Waals surface area contributed by atoms with E-state index in [2.05, 4.69) is 10.3 Å². The molecule has 5 nitrogen and oxygen atoms in total. The molecule has 156 valence electrons. The van der Waals surface area contributed by atoms with Crippen molar-refractivity contribution < 1.29 is 9.53 Å². The highest BCUT2D eigenvalue weighted by molar-refractivity contribution is 5.94. The van der Waals surface area contributed by atoms with Crippen molar-refractivity contribution in [2.75, 3.05) is 6.61 Å². The van der Waals surface area contributed by atoms with E-state index >= 15 is 0 Å². The lowest BCUT2D eigenvalue weighted by Crippen LogP contribution is -2.27. The number of aromatic amines is 1. The van der Waals surface area contributed by atoms with Gasteiger partial charge in [-0.25, -0.2) is 0 Å². The Kier molecular flexibility index (Phi) is 7.07. The van der Waals surface area contributed by atoms with Gasteiger partial charge >= 0.3 is 0 Å². The van der Waals surface area contributed by atoms with Gasteiger partial charge in [-0.05, 0) is 74.6 Å². The summed E-state index contributed by atoms with van der Waals surface area (Å²) < 4.78 is 5.83. The number of hydrogen-bond donors (Lipinski definition) is 2. The van der Waals surface area contributed by atoms with E-state index in [0.29, 0.717) is 17.7 Å². The molecule has 0 unspecified atom stereocenters. The zero-order valence-electron chi connectivity index (χ0n) is 17.7. The maximum atomic E-state index is 12.4. The summed E-state index contributed by atoms with van der Waals surface area (Å²) in [7, 11) is 0. The summed E-state index contributed by atoms with van der Waals surface area (Å²) in [4.78, 5) is 27.3. The van der Waals surface area contributed by atoms with Gasteiger partial charge < -0.3 is 15.0 Å². The van der Waals surface area contributed by atoms with Crippen molar-refractivity contribution in [3.8, 4) is 5.75 Å². The van der Waals surface area contributed by atoms with E-state index in [0.717, 1.165) is 41.0 Å². The highest BCUT2D eigenvalue weighted by Gasteiger charge is 2.09. The van der Waals surface area contributed by atoms with Gasteiger partial charge in [0.05, 0.1) is 6.61 Å². The van der Waals surface area contributed by atoms with Crippen LogP contribution in [0, 0.1) is 20.8 Å². The van der Waals surface area contributed by atoms with Crippen LogP contribution in [0.15, 0.2) is 59.4 Å². The van der Waals surface area contributed by atoms with Gasteiger partial charge in [0, 0.05) is 23.4 Å². The molecule has 1 amide bonds. The van der Waals surface area contributed by atoms with Gasteiger partial charge in [-0.1, -0.05) is 30.3 Å². The Balaban J connectivity index is 1.48. The molecule has 3 rings (SSSR count). The van der Waals surface area contributed by atoms with Crippen molar-refractivity contribution in [2.45, 2.75) is 40.2 Å². The quantitative estimate of drug-likeness (QED) is 0.552. The number of hydrogen-bond acceptors (Lipinski definition) is 3. The number of para-hydroxylation sites is 1. The number of benzene rings is 2. The molecule has 0 bridgehead atoms. The zero-order valence-corrected chi connectivity index (χ0v) is 17.7. The maximum absolute atomic E-state index is 12.4. The lowest BCUT2D eigenvalue weighted by Gasteiger charge is -2.10. The number of carbonyl (C=O) groups is 1. The van der Waals surface area contributed by atoms with Crippen LogP contribution in [-0.2, 0) is 13.0 Å². The molecule has 30 heavy (non-hydrogen) atoms. The average Bonchev–Trinajstić information content (AvgIpc) is 2.72. The van der Waals surface area contributed by atoms with Crippen LogP contribution in [-0.4, -0.2) is 17.5 Å². The standard InChI is InChI=1S/C25H28N2O3/c1-17-7-4-5-9-23(17)30-14-6-8-20-10-12-21(13-11-20)24(28)26-16-22-18(2)15-19(3)27-25(22)29/h4-5,7,9-13,15H,6,8,14,16H2,1-3H3,(H,26,28)(H,27,29). The summed E-state index contributed by atoms with van der Waals surface area (Å²) in [6.07, 6.45) is 1.78. The van der Waals surface area contributed by atoms with Gasteiger partial charge in [-0.15, -0.1) is 0 Å². The lowest BCUT2D eigenvalue weighted by molar-refractivity contribution is 0.0950. The zero-order chi connectivity index (χ0) is 21.5. The van der Waals surface area contributed by atoms with Gasteiger partial charge in [0.2, 0.25) is 0 Å². The van der Waals surface area contributed by atoms with Crippen LogP contribution in [0.1, 0.15) is 44.7 Å². The molecule has 0 radical (unpaired) electrons. The van der Waals surface area contributed by atoms with Gasteiger partial charge in [0.15, 0.2) is 0 Å². The molecule has 0 aliphatic heterocycles. The molecule has 3 aromatic rings. The smallest absolute Gasteiger partial charge is 0.253 e. The fourth-order valence-corrected chi connectivity index (χ4v) is 3.37. The third kappa shape index (κ3) is 5.60. The van der Waals surface area contributed by atoms with Gasteiger partial charge in [-0.3, -0.25) is 9.59 Å². The van der Waals surface area contributed by atoms with Crippen LogP contribution >= 0.6 is 0 Å². The predicted molar refractivity (Wildman–Crippen MR) is 119 cm³/mol. The molecule has 0 atom stereocenters. The first-order chi connectivity index (χ1) is 14.4. The number of aryl methyl sites for hydroxylation is 4. The first-order valence-electron chi connectivity index (χ1n) is 10.2. The first kappa shape index (κ1) is 21.4. The summed E-state index contributed by atoms with van der Waals surface area (Å²) >= 11 is 0. The molecule has 1 aromatic heterocycles. The number of amides is 1. The Morgan fingerprint density at radius 2 is 1.73 bits per heavy atom. The molecule has 0 aliphatic rings. The number of ether oxygens (including phenoxy) is 1. The minimum absolute atomic E-state index is 0.156. The van der Waals surface area contributed by atoms with Crippen molar-refractivity contribution >= 4 is 5.91 Å². The summed E-state index contributed by atoms with van der Waals surface area (Å²) in [5.41, 5.74) is 4.99. The predicted octanol–water partition coefficient (Wildman–Crippen LogP) is 4.24. The summed E-state index contributed by atoms with van der Waals surface area (Å²) in [5, 5.41) is 2.83. The summed E-state index contributed by atoms with van der Waals surface area (Å²) in [6.45, 7) is 6.61. The van der Waals surface area contributed by atoms with Gasteiger partial charge in [0.25, 0.3) is 11.5 Å². The monoisotopic (exact) mass is 404 g/mol. The number of H-pyrrole nitrogens is 1. The van der Waals surface area contributed by atoms with Crippen LogP contribution in [0.2, 0.25) is 0 Å². The van der Waals surface area contributed by atoms with Crippen LogP contribution < -0.4 is 15.6 Å². The van der Waals surface area contributed by atoms with E-state index in [9.17, 15) is 9.59 Å². The minimum atomic E-state index is -0.191. The SMILES string of the molecule is Cc1cc(C)c(CNC(=O)c2ccc(CCCOc3ccccc3C)cc2)c(=O)[nH]1. The Hall–Kier alpha value is -3.34. The van der Waals surface area contributed by atoms with Crippen molar-refractivity contribution in [3.63, 3.8) is 0 Å². The van der Waals surface area contributed by atoms with E-state index in [1.807, 2.05) is 75.4 Å². The first-order valence-corrected chi connectivity index (χ1v) is 10.2. The maximum Gasteiger partial charge on any atom is 0.253 e. The second-order valence-electron chi connectivity index (χ2n) is 7.54. The summed E-state index contributed by atoms with van der Waals surface area (Å²) in [5.74, 6) is 0.732. The van der Waals surface area contributed by atoms with E-state index in [4.69, 9.17) is 4.74 Å². The number of nitrogens with one attached hydrogen (secondary N) is 2. The Morgan fingerprint density at radius 3 is 2.43 bits per heavy atom. The third-order valence-electron chi connectivity index (χ3n) is 5.10. The molecular formula is C25H28N2O3. The molecule has 0 saturated heterocycles. The Labute approximate surface area is 177 Å². The van der Waals surface area contributed by atoms with Crippen molar-refractivity contribution in [1.82, 2.24) is 10.3 Å². The number of carbonyl (C=O) groups excluding carboxylic acids is 1. The van der Waals surface area contributed by atoms with E-state index in [1.54, 1.807) is 0 Å². The number of pyridine rings is 1.